The van der Waals surface area contributed by atoms with Crippen molar-refractivity contribution in [2.45, 2.75) is 13.5 Å². The summed E-state index contributed by atoms with van der Waals surface area (Å²) >= 11 is 0. The van der Waals surface area contributed by atoms with Gasteiger partial charge in [0.15, 0.2) is 0 Å². The van der Waals surface area contributed by atoms with Crippen LogP contribution in [0.5, 0.6) is 0 Å². The maximum absolute atomic E-state index is 13.5. The predicted molar refractivity (Wildman–Crippen MR) is 93.3 cm³/mol. The van der Waals surface area contributed by atoms with E-state index in [9.17, 15) is 9.18 Å². The van der Waals surface area contributed by atoms with Crippen LogP contribution in [0.3, 0.4) is 0 Å². The Hall–Kier alpha value is -2.54. The molecule has 0 radical (unpaired) electrons. The van der Waals surface area contributed by atoms with Gasteiger partial charge in [-0.05, 0) is 24.7 Å². The zero-order valence-electron chi connectivity index (χ0n) is 14.2. The number of nitrogens with zero attached hydrogens (tertiary/aromatic N) is 5. The fourth-order valence-corrected chi connectivity index (χ4v) is 3.34. The number of piperazine rings is 1. The smallest absolute Gasteiger partial charge is 0.262 e. The van der Waals surface area contributed by atoms with E-state index in [4.69, 9.17) is 0 Å². The second kappa shape index (κ2) is 6.40. The highest BCUT2D eigenvalue weighted by Crippen LogP contribution is 2.28. The van der Waals surface area contributed by atoms with Gasteiger partial charge in [-0.1, -0.05) is 13.0 Å². The van der Waals surface area contributed by atoms with Crippen molar-refractivity contribution < 1.29 is 9.18 Å². The quantitative estimate of drug-likeness (QED) is 0.854. The van der Waals surface area contributed by atoms with Crippen molar-refractivity contribution in [2.24, 2.45) is 0 Å². The third-order valence-electron chi connectivity index (χ3n) is 4.86. The lowest BCUT2D eigenvalue weighted by Gasteiger charge is -2.34. The molecular weight excluding hydrogens is 321 g/mol. The third kappa shape index (κ3) is 2.95. The van der Waals surface area contributed by atoms with Crippen LogP contribution in [0.25, 0.3) is 0 Å². The minimum Gasteiger partial charge on any atom is -0.338 e. The van der Waals surface area contributed by atoms with Crippen LogP contribution in [0, 0.1) is 5.82 Å². The summed E-state index contributed by atoms with van der Waals surface area (Å²) in [5, 5.41) is 0. The molecule has 0 bridgehead atoms. The Balaban J connectivity index is 1.56. The molecule has 3 heterocycles. The predicted octanol–water partition coefficient (Wildman–Crippen LogP) is 1.92. The summed E-state index contributed by atoms with van der Waals surface area (Å²) < 4.78 is 13.5. The molecule has 1 saturated heterocycles. The molecule has 0 unspecified atom stereocenters. The number of likely N-dealkylation sites (N-methyl/N-ethyl adjacent to an activating group) is 1. The maximum Gasteiger partial charge on any atom is 0.262 e. The van der Waals surface area contributed by atoms with E-state index >= 15 is 0 Å². The van der Waals surface area contributed by atoms with Gasteiger partial charge in [0.25, 0.3) is 5.91 Å². The zero-order valence-corrected chi connectivity index (χ0v) is 14.2. The molecule has 6 nitrogen and oxygen atoms in total. The fraction of sp³-hybridized carbons (Fsp3) is 0.389. The van der Waals surface area contributed by atoms with Crippen LogP contribution in [0.2, 0.25) is 0 Å². The van der Waals surface area contributed by atoms with Crippen LogP contribution in [0.4, 0.5) is 16.0 Å². The van der Waals surface area contributed by atoms with Crippen LogP contribution < -0.4 is 9.80 Å². The molecule has 25 heavy (non-hydrogen) atoms. The molecule has 1 fully saturated rings. The number of benzene rings is 1. The number of aromatic nitrogens is 2. The SMILES string of the molecule is CCN1CCN(c2ncc3c(n2)CN(c2cccc(F)c2)C3=O)CC1. The molecule has 130 valence electrons. The Kier molecular flexibility index (Phi) is 4.09. The van der Waals surface area contributed by atoms with E-state index in [0.29, 0.717) is 29.4 Å². The highest BCUT2D eigenvalue weighted by molar-refractivity contribution is 6.09. The Morgan fingerprint density at radius 3 is 2.72 bits per heavy atom. The van der Waals surface area contributed by atoms with Crippen LogP contribution in [0.1, 0.15) is 23.0 Å². The average molecular weight is 341 g/mol. The van der Waals surface area contributed by atoms with Crippen molar-refractivity contribution in [1.82, 2.24) is 14.9 Å². The Morgan fingerprint density at radius 2 is 2.00 bits per heavy atom. The second-order valence-corrected chi connectivity index (χ2v) is 6.32. The van der Waals surface area contributed by atoms with Crippen molar-refractivity contribution >= 4 is 17.5 Å². The van der Waals surface area contributed by atoms with E-state index in [1.54, 1.807) is 23.2 Å². The van der Waals surface area contributed by atoms with Gasteiger partial charge in [0.1, 0.15) is 5.82 Å². The van der Waals surface area contributed by atoms with Crippen LogP contribution in [0.15, 0.2) is 30.5 Å². The minimum absolute atomic E-state index is 0.178. The monoisotopic (exact) mass is 341 g/mol. The number of rotatable bonds is 3. The minimum atomic E-state index is -0.359. The molecule has 7 heteroatoms. The third-order valence-corrected chi connectivity index (χ3v) is 4.86. The normalized spacial score (nSPS) is 17.9. The molecule has 1 amide bonds. The Labute approximate surface area is 145 Å². The van der Waals surface area contributed by atoms with Gasteiger partial charge in [-0.2, -0.15) is 0 Å². The van der Waals surface area contributed by atoms with Gasteiger partial charge in [-0.25, -0.2) is 14.4 Å². The lowest BCUT2D eigenvalue weighted by atomic mass is 10.2. The van der Waals surface area contributed by atoms with E-state index < -0.39 is 0 Å². The van der Waals surface area contributed by atoms with Crippen molar-refractivity contribution in [3.63, 3.8) is 0 Å². The van der Waals surface area contributed by atoms with E-state index in [0.717, 1.165) is 32.7 Å². The molecule has 0 N–H and O–H groups in total. The lowest BCUT2D eigenvalue weighted by Crippen LogP contribution is -2.46. The zero-order chi connectivity index (χ0) is 17.4. The summed E-state index contributed by atoms with van der Waals surface area (Å²) in [4.78, 5) is 27.7. The van der Waals surface area contributed by atoms with Crippen molar-refractivity contribution in [2.75, 3.05) is 42.5 Å². The fourth-order valence-electron chi connectivity index (χ4n) is 3.34. The van der Waals surface area contributed by atoms with Gasteiger partial charge in [0.2, 0.25) is 5.95 Å². The largest absolute Gasteiger partial charge is 0.338 e. The first-order valence-electron chi connectivity index (χ1n) is 8.56. The van der Waals surface area contributed by atoms with Crippen LogP contribution >= 0.6 is 0 Å². The summed E-state index contributed by atoms with van der Waals surface area (Å²) in [6.45, 7) is 7.31. The molecule has 2 aliphatic rings. The van der Waals surface area contributed by atoms with Crippen molar-refractivity contribution in [3.05, 3.63) is 47.5 Å². The topological polar surface area (TPSA) is 52.6 Å². The van der Waals surface area contributed by atoms with Gasteiger partial charge < -0.3 is 14.7 Å². The number of halogens is 1. The Morgan fingerprint density at radius 1 is 1.20 bits per heavy atom. The van der Waals surface area contributed by atoms with Gasteiger partial charge in [-0.3, -0.25) is 4.79 Å². The highest BCUT2D eigenvalue weighted by Gasteiger charge is 2.31. The number of hydrogen-bond donors (Lipinski definition) is 0. The van der Waals surface area contributed by atoms with E-state index in [1.807, 2.05) is 0 Å². The first kappa shape index (κ1) is 16.0. The summed E-state index contributed by atoms with van der Waals surface area (Å²) in [5.41, 5.74) is 1.75. The summed E-state index contributed by atoms with van der Waals surface area (Å²) in [7, 11) is 0. The first-order valence-corrected chi connectivity index (χ1v) is 8.56. The van der Waals surface area contributed by atoms with Gasteiger partial charge in [0, 0.05) is 38.1 Å². The Bertz CT molecular complexity index is 804. The number of carbonyl (C=O) groups excluding carboxylic acids is 1. The molecule has 2 aliphatic heterocycles. The van der Waals surface area contributed by atoms with Gasteiger partial charge >= 0.3 is 0 Å². The second-order valence-electron chi connectivity index (χ2n) is 6.32. The number of carbonyl (C=O) groups is 1. The number of hydrogen-bond acceptors (Lipinski definition) is 5. The van der Waals surface area contributed by atoms with E-state index in [-0.39, 0.29) is 11.7 Å². The molecule has 1 aromatic carbocycles. The summed E-state index contributed by atoms with van der Waals surface area (Å²) in [6, 6.07) is 6.06. The molecule has 4 rings (SSSR count). The number of anilines is 2. The molecule has 1 aromatic heterocycles. The molecular formula is C18H20FN5O. The van der Waals surface area contributed by atoms with Crippen LogP contribution in [-0.4, -0.2) is 53.5 Å². The summed E-state index contributed by atoms with van der Waals surface area (Å²) in [6.07, 6.45) is 1.60. The summed E-state index contributed by atoms with van der Waals surface area (Å²) in [5.74, 6) is 0.133. The molecule has 0 atom stereocenters. The number of amides is 1. The molecule has 2 aromatic rings. The van der Waals surface area contributed by atoms with E-state index in [1.165, 1.54) is 12.1 Å². The average Bonchev–Trinajstić information content (AvgIpc) is 2.98. The highest BCUT2D eigenvalue weighted by atomic mass is 19.1. The van der Waals surface area contributed by atoms with E-state index in [2.05, 4.69) is 26.7 Å². The maximum atomic E-state index is 13.5. The van der Waals surface area contributed by atoms with Crippen molar-refractivity contribution in [3.8, 4) is 0 Å². The van der Waals surface area contributed by atoms with Gasteiger partial charge in [0.05, 0.1) is 17.8 Å². The number of fused-ring (bicyclic) bond motifs is 1. The first-order chi connectivity index (χ1) is 12.2. The molecule has 0 saturated carbocycles. The van der Waals surface area contributed by atoms with Crippen molar-refractivity contribution in [1.29, 1.82) is 0 Å². The van der Waals surface area contributed by atoms with Gasteiger partial charge in [-0.15, -0.1) is 0 Å². The molecule has 0 aliphatic carbocycles. The standard InChI is InChI=1S/C18H20FN5O/c1-2-22-6-8-23(9-7-22)18-20-11-15-16(21-18)12-24(17(15)25)14-5-3-4-13(19)10-14/h3-5,10-11H,2,6-9,12H2,1H3. The lowest BCUT2D eigenvalue weighted by molar-refractivity contribution is 0.0996. The molecule has 0 spiro atoms. The van der Waals surface area contributed by atoms with Crippen LogP contribution in [-0.2, 0) is 6.54 Å².